The van der Waals surface area contributed by atoms with E-state index in [1.54, 1.807) is 13.2 Å². The zero-order valence-corrected chi connectivity index (χ0v) is 18.7. The number of nitrogens with zero attached hydrogens (tertiary/aromatic N) is 1. The summed E-state index contributed by atoms with van der Waals surface area (Å²) in [5, 5.41) is 2.82. The van der Waals surface area contributed by atoms with Gasteiger partial charge in [0.2, 0.25) is 0 Å². The monoisotopic (exact) mass is 452 g/mol. The first-order valence-corrected chi connectivity index (χ1v) is 11.6. The van der Waals surface area contributed by atoms with E-state index >= 15 is 0 Å². The molecule has 0 atom stereocenters. The molecular weight excluding hydrogens is 428 g/mol. The molecular formula is C24H24N2O5S. The minimum absolute atomic E-state index is 0.0459. The average Bonchev–Trinajstić information content (AvgIpc) is 3.27. The number of hydrogen-bond acceptors (Lipinski definition) is 5. The van der Waals surface area contributed by atoms with Crippen molar-refractivity contribution in [1.29, 1.82) is 0 Å². The SMILES string of the molecule is COc1ccc(CNC(=O)c2cc(S(=O)(=O)N3CCc4ccccc43)ccc2OC)cc1. The Hall–Kier alpha value is -3.52. The normalized spacial score (nSPS) is 12.9. The van der Waals surface area contributed by atoms with Crippen LogP contribution in [0.4, 0.5) is 5.69 Å². The predicted octanol–water partition coefficient (Wildman–Crippen LogP) is 3.39. The third kappa shape index (κ3) is 4.13. The maximum Gasteiger partial charge on any atom is 0.264 e. The number of carbonyl (C=O) groups is 1. The molecule has 0 aromatic heterocycles. The summed E-state index contributed by atoms with van der Waals surface area (Å²) in [6.45, 7) is 0.648. The highest BCUT2D eigenvalue weighted by molar-refractivity contribution is 7.92. The topological polar surface area (TPSA) is 84.9 Å². The van der Waals surface area contributed by atoms with Gasteiger partial charge in [0.05, 0.1) is 30.4 Å². The third-order valence-electron chi connectivity index (χ3n) is 5.46. The second-order valence-electron chi connectivity index (χ2n) is 7.35. The standard InChI is InChI=1S/C24H24N2O5S/c1-30-19-9-7-17(8-10-19)16-25-24(27)21-15-20(11-12-23(21)31-2)32(28,29)26-14-13-18-5-3-4-6-22(18)26/h3-12,15H,13-14,16H2,1-2H3,(H,25,27). The van der Waals surface area contributed by atoms with E-state index in [1.165, 1.54) is 29.6 Å². The van der Waals surface area contributed by atoms with E-state index in [2.05, 4.69) is 5.32 Å². The number of sulfonamides is 1. The molecule has 3 aromatic carbocycles. The maximum atomic E-state index is 13.4. The van der Waals surface area contributed by atoms with E-state index in [9.17, 15) is 13.2 Å². The van der Waals surface area contributed by atoms with E-state index in [4.69, 9.17) is 9.47 Å². The lowest BCUT2D eigenvalue weighted by atomic mass is 10.1. The van der Waals surface area contributed by atoms with Crippen LogP contribution in [-0.2, 0) is 23.0 Å². The number of para-hydroxylation sites is 1. The summed E-state index contributed by atoms with van der Waals surface area (Å²) in [6, 6.07) is 19.1. The van der Waals surface area contributed by atoms with Crippen LogP contribution in [-0.4, -0.2) is 35.1 Å². The smallest absolute Gasteiger partial charge is 0.264 e. The molecule has 4 rings (SSSR count). The van der Waals surface area contributed by atoms with E-state index < -0.39 is 15.9 Å². The second-order valence-corrected chi connectivity index (χ2v) is 9.21. The lowest BCUT2D eigenvalue weighted by molar-refractivity contribution is 0.0947. The molecule has 0 spiro atoms. The van der Waals surface area contributed by atoms with Crippen molar-refractivity contribution in [1.82, 2.24) is 5.32 Å². The van der Waals surface area contributed by atoms with Crippen LogP contribution in [0, 0.1) is 0 Å². The molecule has 0 unspecified atom stereocenters. The molecule has 0 bridgehead atoms. The predicted molar refractivity (Wildman–Crippen MR) is 122 cm³/mol. The van der Waals surface area contributed by atoms with Crippen molar-refractivity contribution in [3.63, 3.8) is 0 Å². The summed E-state index contributed by atoms with van der Waals surface area (Å²) in [5.74, 6) is 0.609. The van der Waals surface area contributed by atoms with E-state index in [0.29, 0.717) is 24.4 Å². The summed E-state index contributed by atoms with van der Waals surface area (Å²) < 4.78 is 38.5. The Morgan fingerprint density at radius 2 is 1.75 bits per heavy atom. The first kappa shape index (κ1) is 21.7. The minimum atomic E-state index is -3.82. The number of ether oxygens (including phenoxy) is 2. The quantitative estimate of drug-likeness (QED) is 0.594. The molecule has 32 heavy (non-hydrogen) atoms. The highest BCUT2D eigenvalue weighted by atomic mass is 32.2. The van der Waals surface area contributed by atoms with Crippen LogP contribution in [0.5, 0.6) is 11.5 Å². The molecule has 0 aliphatic carbocycles. The van der Waals surface area contributed by atoms with Crippen molar-refractivity contribution < 1.29 is 22.7 Å². The van der Waals surface area contributed by atoms with E-state index in [0.717, 1.165) is 16.9 Å². The molecule has 1 aliphatic heterocycles. The van der Waals surface area contributed by atoms with Gasteiger partial charge in [0.25, 0.3) is 15.9 Å². The molecule has 3 aromatic rings. The van der Waals surface area contributed by atoms with Crippen molar-refractivity contribution >= 4 is 21.6 Å². The lowest BCUT2D eigenvalue weighted by Gasteiger charge is -2.20. The fourth-order valence-electron chi connectivity index (χ4n) is 3.73. The van der Waals surface area contributed by atoms with Gasteiger partial charge in [-0.05, 0) is 53.9 Å². The number of methoxy groups -OCH3 is 2. The minimum Gasteiger partial charge on any atom is -0.497 e. The Morgan fingerprint density at radius 3 is 2.47 bits per heavy atom. The highest BCUT2D eigenvalue weighted by Gasteiger charge is 2.31. The van der Waals surface area contributed by atoms with Crippen LogP contribution in [0.15, 0.2) is 71.6 Å². The van der Waals surface area contributed by atoms with Gasteiger partial charge in [-0.1, -0.05) is 30.3 Å². The lowest BCUT2D eigenvalue weighted by Crippen LogP contribution is -2.30. The molecule has 7 nitrogen and oxygen atoms in total. The molecule has 1 heterocycles. The van der Waals surface area contributed by atoms with Gasteiger partial charge in [-0.3, -0.25) is 9.10 Å². The van der Waals surface area contributed by atoms with Crippen LogP contribution in [0.2, 0.25) is 0 Å². The number of fused-ring (bicyclic) bond motifs is 1. The number of carbonyl (C=O) groups excluding carboxylic acids is 1. The van der Waals surface area contributed by atoms with E-state index in [1.807, 2.05) is 42.5 Å². The van der Waals surface area contributed by atoms with Gasteiger partial charge in [-0.25, -0.2) is 8.42 Å². The number of nitrogens with one attached hydrogen (secondary N) is 1. The zero-order valence-electron chi connectivity index (χ0n) is 17.9. The van der Waals surface area contributed by atoms with Gasteiger partial charge in [0, 0.05) is 13.1 Å². The van der Waals surface area contributed by atoms with Crippen LogP contribution < -0.4 is 19.1 Å². The Kier molecular flexibility index (Phi) is 6.05. The van der Waals surface area contributed by atoms with Gasteiger partial charge in [-0.2, -0.15) is 0 Å². The van der Waals surface area contributed by atoms with Crippen molar-refractivity contribution in [2.24, 2.45) is 0 Å². The number of hydrogen-bond donors (Lipinski definition) is 1. The Bertz CT molecular complexity index is 1240. The van der Waals surface area contributed by atoms with Gasteiger partial charge >= 0.3 is 0 Å². The first-order chi connectivity index (χ1) is 15.4. The van der Waals surface area contributed by atoms with Crippen molar-refractivity contribution in [2.75, 3.05) is 25.1 Å². The average molecular weight is 453 g/mol. The van der Waals surface area contributed by atoms with Crippen LogP contribution in [0.3, 0.4) is 0 Å². The molecule has 0 fully saturated rings. The van der Waals surface area contributed by atoms with Crippen molar-refractivity contribution in [2.45, 2.75) is 17.9 Å². The number of anilines is 1. The zero-order chi connectivity index (χ0) is 22.7. The molecule has 8 heteroatoms. The second kappa shape index (κ2) is 8.92. The highest BCUT2D eigenvalue weighted by Crippen LogP contribution is 2.34. The summed E-state index contributed by atoms with van der Waals surface area (Å²) in [7, 11) is -0.791. The van der Waals surface area contributed by atoms with Gasteiger partial charge in [0.15, 0.2) is 0 Å². The van der Waals surface area contributed by atoms with Crippen molar-refractivity contribution in [3.05, 3.63) is 83.4 Å². The molecule has 166 valence electrons. The summed E-state index contributed by atoms with van der Waals surface area (Å²) in [5.41, 5.74) is 2.71. The third-order valence-corrected chi connectivity index (χ3v) is 7.27. The largest absolute Gasteiger partial charge is 0.497 e. The van der Waals surface area contributed by atoms with Crippen LogP contribution in [0.1, 0.15) is 21.5 Å². The summed E-state index contributed by atoms with van der Waals surface area (Å²) in [4.78, 5) is 12.9. The van der Waals surface area contributed by atoms with Crippen LogP contribution in [0.25, 0.3) is 0 Å². The van der Waals surface area contributed by atoms with Gasteiger partial charge < -0.3 is 14.8 Å². The van der Waals surface area contributed by atoms with Crippen molar-refractivity contribution in [3.8, 4) is 11.5 Å². The molecule has 0 saturated carbocycles. The molecule has 0 radical (unpaired) electrons. The molecule has 1 amide bonds. The molecule has 1 N–H and O–H groups in total. The number of amides is 1. The first-order valence-electron chi connectivity index (χ1n) is 10.1. The van der Waals surface area contributed by atoms with Gasteiger partial charge in [-0.15, -0.1) is 0 Å². The summed E-state index contributed by atoms with van der Waals surface area (Å²) >= 11 is 0. The Balaban J connectivity index is 1.59. The Labute approximate surface area is 187 Å². The Morgan fingerprint density at radius 1 is 1.00 bits per heavy atom. The fourth-order valence-corrected chi connectivity index (χ4v) is 5.26. The summed E-state index contributed by atoms with van der Waals surface area (Å²) in [6.07, 6.45) is 0.654. The van der Waals surface area contributed by atoms with Gasteiger partial charge in [0.1, 0.15) is 11.5 Å². The van der Waals surface area contributed by atoms with Crippen LogP contribution >= 0.6 is 0 Å². The number of rotatable bonds is 7. The molecule has 1 aliphatic rings. The fraction of sp³-hybridized carbons (Fsp3) is 0.208. The molecule has 0 saturated heterocycles. The maximum absolute atomic E-state index is 13.4. The number of benzene rings is 3. The van der Waals surface area contributed by atoms with E-state index in [-0.39, 0.29) is 17.0 Å².